The molecule has 6 heteroatoms. The van der Waals surface area contributed by atoms with Crippen molar-refractivity contribution >= 4 is 17.5 Å². The van der Waals surface area contributed by atoms with Crippen molar-refractivity contribution < 1.29 is 14.3 Å². The maximum atomic E-state index is 12.0. The zero-order chi connectivity index (χ0) is 18.1. The lowest BCUT2D eigenvalue weighted by Gasteiger charge is -2.09. The van der Waals surface area contributed by atoms with Gasteiger partial charge < -0.3 is 15.4 Å². The molecule has 0 unspecified atom stereocenters. The van der Waals surface area contributed by atoms with Crippen LogP contribution in [0, 0.1) is 18.3 Å². The first kappa shape index (κ1) is 18.0. The van der Waals surface area contributed by atoms with Gasteiger partial charge in [0.05, 0.1) is 6.07 Å². The summed E-state index contributed by atoms with van der Waals surface area (Å²) in [5.74, 6) is 0.0318. The molecule has 0 saturated heterocycles. The van der Waals surface area contributed by atoms with Crippen molar-refractivity contribution in [3.05, 3.63) is 59.7 Å². The second kappa shape index (κ2) is 9.08. The molecule has 25 heavy (non-hydrogen) atoms. The highest BCUT2D eigenvalue weighted by molar-refractivity contribution is 5.92. The van der Waals surface area contributed by atoms with E-state index in [9.17, 15) is 9.59 Å². The minimum Gasteiger partial charge on any atom is -0.484 e. The molecule has 0 aromatic heterocycles. The van der Waals surface area contributed by atoms with Crippen molar-refractivity contribution in [2.45, 2.75) is 19.9 Å². The summed E-state index contributed by atoms with van der Waals surface area (Å²) >= 11 is 0. The van der Waals surface area contributed by atoms with Crippen LogP contribution in [-0.4, -0.2) is 18.4 Å². The molecule has 2 N–H and O–H groups in total. The van der Waals surface area contributed by atoms with Crippen LogP contribution >= 0.6 is 0 Å². The van der Waals surface area contributed by atoms with E-state index < -0.39 is 0 Å². The van der Waals surface area contributed by atoms with Crippen molar-refractivity contribution in [3.8, 4) is 11.8 Å². The fourth-order valence-corrected chi connectivity index (χ4v) is 2.07. The lowest BCUT2D eigenvalue weighted by Crippen LogP contribution is -2.22. The van der Waals surface area contributed by atoms with Gasteiger partial charge in [-0.25, -0.2) is 0 Å². The number of carbonyl (C=O) groups excluding carboxylic acids is 2. The largest absolute Gasteiger partial charge is 0.484 e. The summed E-state index contributed by atoms with van der Waals surface area (Å²) in [6.07, 6.45) is -0.174. The fraction of sp³-hybridized carbons (Fsp3) is 0.211. The number of benzene rings is 2. The van der Waals surface area contributed by atoms with Gasteiger partial charge in [-0.3, -0.25) is 9.59 Å². The quantitative estimate of drug-likeness (QED) is 0.812. The Labute approximate surface area is 146 Å². The molecular weight excluding hydrogens is 318 g/mol. The molecule has 2 rings (SSSR count). The molecule has 0 saturated carbocycles. The van der Waals surface area contributed by atoms with Gasteiger partial charge in [-0.1, -0.05) is 29.8 Å². The van der Waals surface area contributed by atoms with E-state index in [-0.39, 0.29) is 24.8 Å². The lowest BCUT2D eigenvalue weighted by molar-refractivity contribution is -0.120. The zero-order valence-corrected chi connectivity index (χ0v) is 13.9. The average molecular weight is 337 g/mol. The first-order valence-electron chi connectivity index (χ1n) is 7.79. The number of amides is 2. The first-order valence-corrected chi connectivity index (χ1v) is 7.79. The van der Waals surface area contributed by atoms with Crippen molar-refractivity contribution in [1.29, 1.82) is 5.26 Å². The standard InChI is InChI=1S/C19H19N3O3/c1-14-5-7-17(8-6-14)25-13-19(24)22-16-4-2-3-15(11-16)12-21-18(23)9-10-20/h2-8,11H,9,12-13H2,1H3,(H,21,23)(H,22,24). The molecule has 128 valence electrons. The summed E-state index contributed by atoms with van der Waals surface area (Å²) in [4.78, 5) is 23.3. The van der Waals surface area contributed by atoms with Gasteiger partial charge in [0.25, 0.3) is 5.91 Å². The molecule has 0 fully saturated rings. The van der Waals surface area contributed by atoms with Gasteiger partial charge in [-0.2, -0.15) is 5.26 Å². The SMILES string of the molecule is Cc1ccc(OCC(=O)Nc2cccc(CNC(=O)CC#N)c2)cc1. The minimum atomic E-state index is -0.330. The molecule has 0 bridgehead atoms. The third-order valence-corrected chi connectivity index (χ3v) is 3.33. The van der Waals surface area contributed by atoms with Crippen LogP contribution < -0.4 is 15.4 Å². The molecule has 0 spiro atoms. The van der Waals surface area contributed by atoms with Gasteiger partial charge in [0.2, 0.25) is 5.91 Å². The third kappa shape index (κ3) is 6.36. The summed E-state index contributed by atoms with van der Waals surface area (Å²) in [7, 11) is 0. The molecule has 0 atom stereocenters. The summed E-state index contributed by atoms with van der Waals surface area (Å²) in [6.45, 7) is 2.18. The fourth-order valence-electron chi connectivity index (χ4n) is 2.07. The van der Waals surface area contributed by atoms with Gasteiger partial charge in [0, 0.05) is 12.2 Å². The van der Waals surface area contributed by atoms with Crippen LogP contribution in [-0.2, 0) is 16.1 Å². The van der Waals surface area contributed by atoms with E-state index in [1.807, 2.05) is 37.3 Å². The number of anilines is 1. The Kier molecular flexibility index (Phi) is 6.55. The Balaban J connectivity index is 1.84. The van der Waals surface area contributed by atoms with Crippen molar-refractivity contribution in [1.82, 2.24) is 5.32 Å². The molecule has 0 aliphatic rings. The third-order valence-electron chi connectivity index (χ3n) is 3.33. The summed E-state index contributed by atoms with van der Waals surface area (Å²) in [5.41, 5.74) is 2.56. The normalized spacial score (nSPS) is 9.76. The van der Waals surface area contributed by atoms with Gasteiger partial charge >= 0.3 is 0 Å². The number of carbonyl (C=O) groups is 2. The monoisotopic (exact) mass is 337 g/mol. The van der Waals surface area contributed by atoms with Crippen molar-refractivity contribution in [3.63, 3.8) is 0 Å². The number of rotatable bonds is 7. The number of hydrogen-bond acceptors (Lipinski definition) is 4. The number of aryl methyl sites for hydroxylation is 1. The minimum absolute atomic E-state index is 0.0911. The smallest absolute Gasteiger partial charge is 0.262 e. The lowest BCUT2D eigenvalue weighted by atomic mass is 10.2. The van der Waals surface area contributed by atoms with E-state index in [1.165, 1.54) is 0 Å². The van der Waals surface area contributed by atoms with Crippen molar-refractivity contribution in [2.24, 2.45) is 0 Å². The van der Waals surface area contributed by atoms with Crippen LogP contribution in [0.3, 0.4) is 0 Å². The number of nitrogens with one attached hydrogen (secondary N) is 2. The Hall–Kier alpha value is -3.33. The highest BCUT2D eigenvalue weighted by atomic mass is 16.5. The van der Waals surface area contributed by atoms with Gasteiger partial charge in [-0.05, 0) is 36.8 Å². The second-order valence-electron chi connectivity index (χ2n) is 5.46. The number of hydrogen-bond donors (Lipinski definition) is 2. The summed E-state index contributed by atoms with van der Waals surface area (Å²) < 4.78 is 5.43. The molecule has 2 aromatic carbocycles. The van der Waals surface area contributed by atoms with Crippen LogP contribution in [0.2, 0.25) is 0 Å². The van der Waals surface area contributed by atoms with Crippen molar-refractivity contribution in [2.75, 3.05) is 11.9 Å². The summed E-state index contributed by atoms with van der Waals surface area (Å²) in [6, 6.07) is 16.4. The molecule has 2 aromatic rings. The first-order chi connectivity index (χ1) is 12.1. The Morgan fingerprint density at radius 2 is 1.88 bits per heavy atom. The maximum absolute atomic E-state index is 12.0. The number of nitriles is 1. The van der Waals surface area contributed by atoms with E-state index in [0.717, 1.165) is 11.1 Å². The zero-order valence-electron chi connectivity index (χ0n) is 13.9. The van der Waals surface area contributed by atoms with Crippen LogP contribution in [0.4, 0.5) is 5.69 Å². The molecule has 0 aliphatic carbocycles. The van der Waals surface area contributed by atoms with E-state index in [2.05, 4.69) is 10.6 Å². The molecule has 6 nitrogen and oxygen atoms in total. The van der Waals surface area contributed by atoms with Crippen LogP contribution in [0.1, 0.15) is 17.5 Å². The Morgan fingerprint density at radius 1 is 1.12 bits per heavy atom. The van der Waals surface area contributed by atoms with E-state index in [1.54, 1.807) is 24.3 Å². The van der Waals surface area contributed by atoms with Crippen LogP contribution in [0.5, 0.6) is 5.75 Å². The van der Waals surface area contributed by atoms with Gasteiger partial charge in [0.1, 0.15) is 12.2 Å². The highest BCUT2D eigenvalue weighted by Gasteiger charge is 2.05. The van der Waals surface area contributed by atoms with Gasteiger partial charge in [-0.15, -0.1) is 0 Å². The average Bonchev–Trinajstić information content (AvgIpc) is 2.60. The maximum Gasteiger partial charge on any atom is 0.262 e. The predicted octanol–water partition coefficient (Wildman–Crippen LogP) is 2.54. The number of nitrogens with zero attached hydrogens (tertiary/aromatic N) is 1. The van der Waals surface area contributed by atoms with Crippen LogP contribution in [0.15, 0.2) is 48.5 Å². The molecule has 0 aliphatic heterocycles. The van der Waals surface area contributed by atoms with Crippen LogP contribution in [0.25, 0.3) is 0 Å². The Morgan fingerprint density at radius 3 is 2.60 bits per heavy atom. The molecule has 0 heterocycles. The van der Waals surface area contributed by atoms with E-state index in [0.29, 0.717) is 18.0 Å². The second-order valence-corrected chi connectivity index (χ2v) is 5.46. The molecular formula is C19H19N3O3. The Bertz CT molecular complexity index is 779. The highest BCUT2D eigenvalue weighted by Crippen LogP contribution is 2.13. The predicted molar refractivity (Wildman–Crippen MR) is 93.8 cm³/mol. The number of ether oxygens (including phenoxy) is 1. The van der Waals surface area contributed by atoms with Gasteiger partial charge in [0.15, 0.2) is 6.61 Å². The molecule has 0 radical (unpaired) electrons. The van der Waals surface area contributed by atoms with E-state index in [4.69, 9.17) is 10.00 Å². The topological polar surface area (TPSA) is 91.2 Å². The summed E-state index contributed by atoms with van der Waals surface area (Å²) in [5, 5.41) is 13.8. The molecule has 2 amide bonds. The van der Waals surface area contributed by atoms with E-state index >= 15 is 0 Å².